The Balaban J connectivity index is 1.61. The summed E-state index contributed by atoms with van der Waals surface area (Å²) in [6.45, 7) is 5.85. The first-order valence-electron chi connectivity index (χ1n) is 11.3. The molecule has 4 rings (SSSR count). The second kappa shape index (κ2) is 10.0. The van der Waals surface area contributed by atoms with Crippen molar-refractivity contribution in [3.63, 3.8) is 0 Å². The number of nitrogens with zero attached hydrogens (tertiary/aromatic N) is 4. The van der Waals surface area contributed by atoms with E-state index in [-0.39, 0.29) is 13.0 Å². The molecular formula is C24H27Cl2N5O4. The van der Waals surface area contributed by atoms with Crippen LogP contribution in [-0.4, -0.2) is 62.4 Å². The number of hydrogen-bond acceptors (Lipinski definition) is 7. The lowest BCUT2D eigenvalue weighted by molar-refractivity contribution is -0.154. The van der Waals surface area contributed by atoms with Crippen molar-refractivity contribution in [1.82, 2.24) is 19.9 Å². The zero-order valence-corrected chi connectivity index (χ0v) is 21.2. The molecule has 1 fully saturated rings. The van der Waals surface area contributed by atoms with Crippen molar-refractivity contribution in [1.29, 1.82) is 0 Å². The lowest BCUT2D eigenvalue weighted by atomic mass is 10.1. The fourth-order valence-corrected chi connectivity index (χ4v) is 4.46. The molecule has 0 bridgehead atoms. The SMILES string of the molecule is CC(C)(C)OC(=O)CCNC(=O)[C@@H]1[C@@H](O)CCN1c1cc(-n2ccnc2)c2ccc(Cl)c(Cl)c2n1. The molecule has 2 aromatic heterocycles. The molecule has 35 heavy (non-hydrogen) atoms. The number of fused-ring (bicyclic) bond motifs is 1. The average Bonchev–Trinajstić information content (AvgIpc) is 3.44. The van der Waals surface area contributed by atoms with Gasteiger partial charge in [-0.25, -0.2) is 9.97 Å². The zero-order valence-electron chi connectivity index (χ0n) is 19.7. The molecule has 0 aliphatic carbocycles. The van der Waals surface area contributed by atoms with Crippen molar-refractivity contribution in [2.45, 2.75) is 51.4 Å². The van der Waals surface area contributed by atoms with Crippen LogP contribution >= 0.6 is 23.2 Å². The van der Waals surface area contributed by atoms with Crippen LogP contribution in [0, 0.1) is 0 Å². The number of aliphatic hydroxyl groups is 1. The molecule has 0 radical (unpaired) electrons. The number of imidazole rings is 1. The van der Waals surface area contributed by atoms with Crippen LogP contribution in [0.15, 0.2) is 36.9 Å². The van der Waals surface area contributed by atoms with Gasteiger partial charge in [0.1, 0.15) is 17.5 Å². The van der Waals surface area contributed by atoms with Crippen LogP contribution in [0.5, 0.6) is 0 Å². The summed E-state index contributed by atoms with van der Waals surface area (Å²) in [6, 6.07) is 4.48. The Morgan fingerprint density at radius 2 is 2.06 bits per heavy atom. The number of halogens is 2. The van der Waals surface area contributed by atoms with E-state index in [1.807, 2.05) is 16.7 Å². The minimum atomic E-state index is -0.902. The van der Waals surface area contributed by atoms with Crippen LogP contribution in [-0.2, 0) is 14.3 Å². The number of rotatable bonds is 6. The maximum absolute atomic E-state index is 13.0. The summed E-state index contributed by atoms with van der Waals surface area (Å²) in [5.74, 6) is -0.342. The minimum absolute atomic E-state index is 0.0267. The Morgan fingerprint density at radius 1 is 1.29 bits per heavy atom. The third kappa shape index (κ3) is 5.52. The molecule has 186 valence electrons. The van der Waals surface area contributed by atoms with Crippen LogP contribution < -0.4 is 10.2 Å². The van der Waals surface area contributed by atoms with E-state index in [0.29, 0.717) is 34.3 Å². The van der Waals surface area contributed by atoms with Gasteiger partial charge in [0.25, 0.3) is 0 Å². The Morgan fingerprint density at radius 3 is 2.74 bits per heavy atom. The molecule has 1 aromatic carbocycles. The highest BCUT2D eigenvalue weighted by molar-refractivity contribution is 6.45. The number of nitrogens with one attached hydrogen (secondary N) is 1. The van der Waals surface area contributed by atoms with Crippen molar-refractivity contribution in [3.05, 3.63) is 47.0 Å². The normalized spacial score (nSPS) is 18.2. The number of carbonyl (C=O) groups excluding carboxylic acids is 2. The molecule has 2 atom stereocenters. The number of aliphatic hydroxyl groups excluding tert-OH is 1. The number of aromatic nitrogens is 3. The van der Waals surface area contributed by atoms with E-state index in [1.54, 1.807) is 50.5 Å². The summed E-state index contributed by atoms with van der Waals surface area (Å²) < 4.78 is 7.10. The number of ether oxygens (including phenoxy) is 1. The maximum atomic E-state index is 13.0. The van der Waals surface area contributed by atoms with Gasteiger partial charge in [-0.15, -0.1) is 0 Å². The third-order valence-corrected chi connectivity index (χ3v) is 6.39. The predicted molar refractivity (Wildman–Crippen MR) is 134 cm³/mol. The number of carbonyl (C=O) groups is 2. The number of pyridine rings is 1. The van der Waals surface area contributed by atoms with Crippen molar-refractivity contribution in [2.75, 3.05) is 18.0 Å². The van der Waals surface area contributed by atoms with Gasteiger partial charge in [-0.3, -0.25) is 9.59 Å². The van der Waals surface area contributed by atoms with Gasteiger partial charge < -0.3 is 24.6 Å². The van der Waals surface area contributed by atoms with Gasteiger partial charge in [-0.1, -0.05) is 23.2 Å². The fourth-order valence-electron chi connectivity index (χ4n) is 4.10. The van der Waals surface area contributed by atoms with Crippen molar-refractivity contribution < 1.29 is 19.4 Å². The Hall–Kier alpha value is -2.88. The molecule has 9 nitrogen and oxygen atoms in total. The number of hydrogen-bond donors (Lipinski definition) is 2. The molecule has 1 amide bonds. The minimum Gasteiger partial charge on any atom is -0.460 e. The smallest absolute Gasteiger partial charge is 0.308 e. The highest BCUT2D eigenvalue weighted by atomic mass is 35.5. The Kier molecular flexibility index (Phi) is 7.21. The molecule has 0 saturated carbocycles. The van der Waals surface area contributed by atoms with Gasteiger partial charge in [0, 0.05) is 36.9 Å². The monoisotopic (exact) mass is 519 g/mol. The van der Waals surface area contributed by atoms with E-state index in [0.717, 1.165) is 11.1 Å². The third-order valence-electron chi connectivity index (χ3n) is 5.60. The molecule has 1 aliphatic heterocycles. The van der Waals surface area contributed by atoms with E-state index in [9.17, 15) is 14.7 Å². The molecule has 2 N–H and O–H groups in total. The quantitative estimate of drug-likeness (QED) is 0.479. The number of esters is 1. The van der Waals surface area contributed by atoms with Crippen molar-refractivity contribution in [2.24, 2.45) is 0 Å². The largest absolute Gasteiger partial charge is 0.460 e. The predicted octanol–water partition coefficient (Wildman–Crippen LogP) is 3.51. The van der Waals surface area contributed by atoms with Crippen LogP contribution in [0.25, 0.3) is 16.6 Å². The van der Waals surface area contributed by atoms with Gasteiger partial charge in [-0.05, 0) is 39.3 Å². The molecule has 1 saturated heterocycles. The summed E-state index contributed by atoms with van der Waals surface area (Å²) in [7, 11) is 0. The topological polar surface area (TPSA) is 110 Å². The summed E-state index contributed by atoms with van der Waals surface area (Å²) in [6.07, 6.45) is 4.61. The van der Waals surface area contributed by atoms with E-state index in [2.05, 4.69) is 10.3 Å². The fraction of sp³-hybridized carbons (Fsp3) is 0.417. The highest BCUT2D eigenvalue weighted by Gasteiger charge is 2.39. The number of anilines is 1. The number of benzene rings is 1. The Bertz CT molecular complexity index is 1240. The second-order valence-corrected chi connectivity index (χ2v) is 10.1. The maximum Gasteiger partial charge on any atom is 0.308 e. The van der Waals surface area contributed by atoms with E-state index in [4.69, 9.17) is 32.9 Å². The van der Waals surface area contributed by atoms with Crippen molar-refractivity contribution >= 4 is 51.8 Å². The highest BCUT2D eigenvalue weighted by Crippen LogP contribution is 2.36. The van der Waals surface area contributed by atoms with E-state index in [1.165, 1.54) is 0 Å². The summed E-state index contributed by atoms with van der Waals surface area (Å²) in [5, 5.41) is 14.8. The summed E-state index contributed by atoms with van der Waals surface area (Å²) in [5.41, 5.74) is 0.635. The molecule has 11 heteroatoms. The second-order valence-electron chi connectivity index (χ2n) is 9.35. The molecule has 1 aliphatic rings. The lowest BCUT2D eigenvalue weighted by Crippen LogP contribution is -2.49. The summed E-state index contributed by atoms with van der Waals surface area (Å²) in [4.78, 5) is 35.6. The van der Waals surface area contributed by atoms with Gasteiger partial charge in [0.05, 0.1) is 40.1 Å². The molecule has 0 unspecified atom stereocenters. The zero-order chi connectivity index (χ0) is 25.3. The summed E-state index contributed by atoms with van der Waals surface area (Å²) >= 11 is 12.8. The average molecular weight is 520 g/mol. The molecule has 0 spiro atoms. The van der Waals surface area contributed by atoms with Crippen LogP contribution in [0.1, 0.15) is 33.6 Å². The molecule has 3 aromatic rings. The molecule has 3 heterocycles. The lowest BCUT2D eigenvalue weighted by Gasteiger charge is -2.27. The van der Waals surface area contributed by atoms with Gasteiger partial charge in [0.15, 0.2) is 0 Å². The van der Waals surface area contributed by atoms with Crippen LogP contribution in [0.3, 0.4) is 0 Å². The standard InChI is InChI=1S/C24H27Cl2N5O4/c1-24(2,3)35-19(33)6-8-28-23(34)22-17(32)7-10-31(22)18-12-16(30-11-9-27-13-30)14-4-5-15(25)20(26)21(14)29-18/h4-5,9,11-13,17,22,32H,6-8,10H2,1-3H3,(H,28,34)/t17-,22-/m0/s1. The number of amides is 1. The molecular weight excluding hydrogens is 493 g/mol. The van der Waals surface area contributed by atoms with E-state index < -0.39 is 29.6 Å². The Labute approximate surface area is 213 Å². The van der Waals surface area contributed by atoms with Gasteiger partial charge in [-0.2, -0.15) is 0 Å². The first-order valence-corrected chi connectivity index (χ1v) is 12.0. The van der Waals surface area contributed by atoms with Crippen LogP contribution in [0.2, 0.25) is 10.0 Å². The van der Waals surface area contributed by atoms with Gasteiger partial charge in [0.2, 0.25) is 5.91 Å². The van der Waals surface area contributed by atoms with Crippen molar-refractivity contribution in [3.8, 4) is 5.69 Å². The van der Waals surface area contributed by atoms with Crippen LogP contribution in [0.4, 0.5) is 5.82 Å². The van der Waals surface area contributed by atoms with E-state index >= 15 is 0 Å². The van der Waals surface area contributed by atoms with Gasteiger partial charge >= 0.3 is 5.97 Å². The first-order chi connectivity index (χ1) is 16.5. The first kappa shape index (κ1) is 25.2.